The topological polar surface area (TPSA) is 65.5 Å². The molecule has 1 amide bonds. The van der Waals surface area contributed by atoms with E-state index >= 15 is 0 Å². The molecule has 2 N–H and O–H groups in total. The van der Waals surface area contributed by atoms with Gasteiger partial charge in [-0.2, -0.15) is 0 Å². The van der Waals surface area contributed by atoms with E-state index in [1.165, 1.54) is 0 Å². The van der Waals surface area contributed by atoms with Gasteiger partial charge in [0.05, 0.1) is 11.7 Å². The second-order valence-electron chi connectivity index (χ2n) is 6.66. The normalized spacial score (nSPS) is 16.9. The number of anilines is 1. The molecule has 5 heteroatoms. The molecule has 5 nitrogen and oxygen atoms in total. The SMILES string of the molecule is CC(C)(C)C(O)CNC(=O)c1cccnc1N1CCCC1. The van der Waals surface area contributed by atoms with Gasteiger partial charge in [0.1, 0.15) is 5.82 Å². The summed E-state index contributed by atoms with van der Waals surface area (Å²) in [6.45, 7) is 7.98. The molecular formula is C16H25N3O2. The van der Waals surface area contributed by atoms with E-state index in [-0.39, 0.29) is 17.9 Å². The van der Waals surface area contributed by atoms with Crippen molar-refractivity contribution in [2.45, 2.75) is 39.7 Å². The second kappa shape index (κ2) is 6.43. The molecule has 2 rings (SSSR count). The number of aromatic nitrogens is 1. The van der Waals surface area contributed by atoms with E-state index in [2.05, 4.69) is 15.2 Å². The molecule has 1 aliphatic rings. The molecule has 1 aliphatic heterocycles. The van der Waals surface area contributed by atoms with E-state index in [9.17, 15) is 9.90 Å². The minimum absolute atomic E-state index is 0.173. The van der Waals surface area contributed by atoms with Crippen LogP contribution in [0, 0.1) is 5.41 Å². The van der Waals surface area contributed by atoms with Crippen molar-refractivity contribution in [3.8, 4) is 0 Å². The maximum absolute atomic E-state index is 12.4. The number of aliphatic hydroxyl groups is 1. The predicted molar refractivity (Wildman–Crippen MR) is 83.5 cm³/mol. The van der Waals surface area contributed by atoms with Crippen molar-refractivity contribution in [3.63, 3.8) is 0 Å². The van der Waals surface area contributed by atoms with E-state index in [4.69, 9.17) is 0 Å². The van der Waals surface area contributed by atoms with Crippen molar-refractivity contribution in [2.75, 3.05) is 24.5 Å². The van der Waals surface area contributed by atoms with Crippen LogP contribution in [0.2, 0.25) is 0 Å². The molecule has 0 aliphatic carbocycles. The van der Waals surface area contributed by atoms with Crippen molar-refractivity contribution < 1.29 is 9.90 Å². The fourth-order valence-corrected chi connectivity index (χ4v) is 2.35. The van der Waals surface area contributed by atoms with Crippen molar-refractivity contribution in [2.24, 2.45) is 5.41 Å². The van der Waals surface area contributed by atoms with E-state index in [1.54, 1.807) is 18.3 Å². The van der Waals surface area contributed by atoms with Crippen LogP contribution in [0.4, 0.5) is 5.82 Å². The monoisotopic (exact) mass is 291 g/mol. The average molecular weight is 291 g/mol. The Kier molecular flexibility index (Phi) is 4.83. The molecular weight excluding hydrogens is 266 g/mol. The first-order chi connectivity index (χ1) is 9.89. The Balaban J connectivity index is 2.05. The summed E-state index contributed by atoms with van der Waals surface area (Å²) in [6.07, 6.45) is 3.42. The minimum Gasteiger partial charge on any atom is -0.391 e. The molecule has 1 atom stereocenters. The number of rotatable bonds is 4. The number of hydrogen-bond donors (Lipinski definition) is 2. The molecule has 0 radical (unpaired) electrons. The van der Waals surface area contributed by atoms with Gasteiger partial charge in [-0.1, -0.05) is 20.8 Å². The molecule has 1 saturated heterocycles. The zero-order chi connectivity index (χ0) is 15.5. The second-order valence-corrected chi connectivity index (χ2v) is 6.66. The highest BCUT2D eigenvalue weighted by molar-refractivity contribution is 5.98. The van der Waals surface area contributed by atoms with Gasteiger partial charge >= 0.3 is 0 Å². The Labute approximate surface area is 126 Å². The van der Waals surface area contributed by atoms with Gasteiger partial charge in [0.2, 0.25) is 0 Å². The van der Waals surface area contributed by atoms with Crippen LogP contribution < -0.4 is 10.2 Å². The van der Waals surface area contributed by atoms with E-state index < -0.39 is 6.10 Å². The predicted octanol–water partition coefficient (Wildman–Crippen LogP) is 1.82. The van der Waals surface area contributed by atoms with Gasteiger partial charge in [0.25, 0.3) is 5.91 Å². The lowest BCUT2D eigenvalue weighted by Crippen LogP contribution is -2.39. The number of aliphatic hydroxyl groups excluding tert-OH is 1. The van der Waals surface area contributed by atoms with Crippen molar-refractivity contribution in [1.82, 2.24) is 10.3 Å². The van der Waals surface area contributed by atoms with Crippen molar-refractivity contribution in [3.05, 3.63) is 23.9 Å². The summed E-state index contributed by atoms with van der Waals surface area (Å²) < 4.78 is 0. The lowest BCUT2D eigenvalue weighted by atomic mass is 9.89. The highest BCUT2D eigenvalue weighted by Crippen LogP contribution is 2.22. The molecule has 1 unspecified atom stereocenters. The van der Waals surface area contributed by atoms with E-state index in [0.717, 1.165) is 31.7 Å². The number of nitrogens with one attached hydrogen (secondary N) is 1. The van der Waals surface area contributed by atoms with Gasteiger partial charge in [-0.15, -0.1) is 0 Å². The van der Waals surface area contributed by atoms with Gasteiger partial charge in [-0.05, 0) is 30.4 Å². The van der Waals surface area contributed by atoms with Gasteiger partial charge in [0, 0.05) is 25.8 Å². The third kappa shape index (κ3) is 3.94. The van der Waals surface area contributed by atoms with E-state index in [1.807, 2.05) is 20.8 Å². The Hall–Kier alpha value is -1.62. The van der Waals surface area contributed by atoms with Crippen LogP contribution in [0.3, 0.4) is 0 Å². The maximum atomic E-state index is 12.4. The van der Waals surface area contributed by atoms with Crippen LogP contribution in [-0.4, -0.2) is 41.7 Å². The first kappa shape index (κ1) is 15.8. The molecule has 0 spiro atoms. The number of carbonyl (C=O) groups is 1. The highest BCUT2D eigenvalue weighted by Gasteiger charge is 2.24. The summed E-state index contributed by atoms with van der Waals surface area (Å²) >= 11 is 0. The molecule has 1 aromatic heterocycles. The van der Waals surface area contributed by atoms with Crippen molar-refractivity contribution in [1.29, 1.82) is 0 Å². The fourth-order valence-electron chi connectivity index (χ4n) is 2.35. The Morgan fingerprint density at radius 1 is 1.43 bits per heavy atom. The molecule has 0 aromatic carbocycles. The van der Waals surface area contributed by atoms with Crippen LogP contribution >= 0.6 is 0 Å². The third-order valence-electron chi connectivity index (χ3n) is 3.89. The van der Waals surface area contributed by atoms with Crippen LogP contribution in [0.1, 0.15) is 44.0 Å². The van der Waals surface area contributed by atoms with Gasteiger partial charge < -0.3 is 15.3 Å². The largest absolute Gasteiger partial charge is 0.391 e. The smallest absolute Gasteiger partial charge is 0.255 e. The standard InChI is InChI=1S/C16H25N3O2/c1-16(2,3)13(20)11-18-15(21)12-7-6-8-17-14(12)19-9-4-5-10-19/h6-8,13,20H,4-5,9-11H2,1-3H3,(H,18,21). The zero-order valence-corrected chi connectivity index (χ0v) is 13.1. The summed E-state index contributed by atoms with van der Waals surface area (Å²) in [5.74, 6) is 0.575. The summed E-state index contributed by atoms with van der Waals surface area (Å²) in [5, 5.41) is 12.8. The molecule has 21 heavy (non-hydrogen) atoms. The van der Waals surface area contributed by atoms with Gasteiger partial charge in [0.15, 0.2) is 0 Å². The van der Waals surface area contributed by atoms with Crippen LogP contribution in [-0.2, 0) is 0 Å². The number of hydrogen-bond acceptors (Lipinski definition) is 4. The Morgan fingerprint density at radius 2 is 2.10 bits per heavy atom. The molecule has 116 valence electrons. The van der Waals surface area contributed by atoms with Crippen LogP contribution in [0.5, 0.6) is 0 Å². The highest BCUT2D eigenvalue weighted by atomic mass is 16.3. The Morgan fingerprint density at radius 3 is 2.71 bits per heavy atom. The summed E-state index contributed by atoms with van der Waals surface area (Å²) in [5.41, 5.74) is 0.334. The third-order valence-corrected chi connectivity index (χ3v) is 3.89. The molecule has 0 saturated carbocycles. The first-order valence-electron chi connectivity index (χ1n) is 7.56. The quantitative estimate of drug-likeness (QED) is 0.888. The van der Waals surface area contributed by atoms with Gasteiger partial charge in [-0.3, -0.25) is 4.79 Å². The molecule has 1 fully saturated rings. The number of carbonyl (C=O) groups excluding carboxylic acids is 1. The first-order valence-corrected chi connectivity index (χ1v) is 7.56. The molecule has 1 aromatic rings. The van der Waals surface area contributed by atoms with Crippen LogP contribution in [0.25, 0.3) is 0 Å². The lowest BCUT2D eigenvalue weighted by molar-refractivity contribution is 0.0587. The number of nitrogens with zero attached hydrogens (tertiary/aromatic N) is 2. The zero-order valence-electron chi connectivity index (χ0n) is 13.1. The average Bonchev–Trinajstić information content (AvgIpc) is 2.97. The van der Waals surface area contributed by atoms with E-state index in [0.29, 0.717) is 5.56 Å². The summed E-state index contributed by atoms with van der Waals surface area (Å²) in [4.78, 5) is 18.9. The number of pyridine rings is 1. The lowest BCUT2D eigenvalue weighted by Gasteiger charge is -2.26. The van der Waals surface area contributed by atoms with Crippen molar-refractivity contribution >= 4 is 11.7 Å². The Bertz CT molecular complexity index is 491. The van der Waals surface area contributed by atoms with Gasteiger partial charge in [-0.25, -0.2) is 4.98 Å². The molecule has 2 heterocycles. The fraction of sp³-hybridized carbons (Fsp3) is 0.625. The van der Waals surface area contributed by atoms with Crippen LogP contribution in [0.15, 0.2) is 18.3 Å². The minimum atomic E-state index is -0.576. The number of amides is 1. The maximum Gasteiger partial charge on any atom is 0.255 e. The summed E-state index contributed by atoms with van der Waals surface area (Å²) in [7, 11) is 0. The molecule has 0 bridgehead atoms. The summed E-state index contributed by atoms with van der Waals surface area (Å²) in [6, 6.07) is 3.56.